The zero-order chi connectivity index (χ0) is 17.4. The van der Waals surface area contributed by atoms with Gasteiger partial charge in [0.1, 0.15) is 0 Å². The number of aliphatic carboxylic acids is 1. The van der Waals surface area contributed by atoms with Gasteiger partial charge in [0, 0.05) is 17.8 Å². The lowest BCUT2D eigenvalue weighted by Crippen LogP contribution is -2.33. The molecule has 0 saturated heterocycles. The van der Waals surface area contributed by atoms with E-state index in [1.165, 1.54) is 0 Å². The van der Waals surface area contributed by atoms with Gasteiger partial charge in [-0.15, -0.1) is 0 Å². The van der Waals surface area contributed by atoms with E-state index in [9.17, 15) is 9.59 Å². The Bertz CT molecular complexity index is 796. The van der Waals surface area contributed by atoms with Crippen LogP contribution in [0.4, 0.5) is 0 Å². The predicted molar refractivity (Wildman–Crippen MR) is 88.9 cm³/mol. The van der Waals surface area contributed by atoms with Crippen LogP contribution in [0.15, 0.2) is 12.3 Å². The summed E-state index contributed by atoms with van der Waals surface area (Å²) in [6.45, 7) is 5.88. The van der Waals surface area contributed by atoms with Crippen molar-refractivity contribution in [2.75, 3.05) is 0 Å². The molecule has 1 amide bonds. The van der Waals surface area contributed by atoms with Gasteiger partial charge >= 0.3 is 5.97 Å². The zero-order valence-corrected chi connectivity index (χ0v) is 14.1. The Hall–Kier alpha value is -2.44. The minimum Gasteiger partial charge on any atom is -0.481 e. The number of nitrogens with one attached hydrogen (secondary N) is 1. The average molecular weight is 330 g/mol. The van der Waals surface area contributed by atoms with Crippen molar-refractivity contribution in [3.05, 3.63) is 23.5 Å². The molecule has 2 aromatic heterocycles. The molecule has 0 bridgehead atoms. The molecule has 0 unspecified atom stereocenters. The number of hydrogen-bond donors (Lipinski definition) is 2. The molecule has 3 rings (SSSR count). The highest BCUT2D eigenvalue weighted by Gasteiger charge is 2.31. The lowest BCUT2D eigenvalue weighted by molar-refractivity contribution is -0.141. The number of hydrogen-bond acceptors (Lipinski definition) is 4. The van der Waals surface area contributed by atoms with Crippen LogP contribution in [0.1, 0.15) is 55.2 Å². The number of rotatable bonds is 4. The van der Waals surface area contributed by atoms with E-state index in [0.29, 0.717) is 30.5 Å². The lowest BCUT2D eigenvalue weighted by atomic mass is 10.1. The van der Waals surface area contributed by atoms with Gasteiger partial charge in [0.05, 0.1) is 23.1 Å². The van der Waals surface area contributed by atoms with Gasteiger partial charge in [-0.25, -0.2) is 9.67 Å². The van der Waals surface area contributed by atoms with Crippen molar-refractivity contribution in [1.29, 1.82) is 0 Å². The number of aromatic nitrogens is 3. The van der Waals surface area contributed by atoms with E-state index in [1.54, 1.807) is 16.9 Å². The Morgan fingerprint density at radius 2 is 2.12 bits per heavy atom. The second-order valence-electron chi connectivity index (χ2n) is 6.75. The second kappa shape index (κ2) is 6.22. The molecule has 7 nitrogen and oxygen atoms in total. The van der Waals surface area contributed by atoms with Gasteiger partial charge in [-0.2, -0.15) is 5.10 Å². The fourth-order valence-corrected chi connectivity index (χ4v) is 3.31. The lowest BCUT2D eigenvalue weighted by Gasteiger charge is -2.14. The quantitative estimate of drug-likeness (QED) is 0.896. The van der Waals surface area contributed by atoms with Crippen molar-refractivity contribution in [2.45, 2.75) is 52.1 Å². The summed E-state index contributed by atoms with van der Waals surface area (Å²) >= 11 is 0. The smallest absolute Gasteiger partial charge is 0.306 e. The molecule has 1 saturated carbocycles. The summed E-state index contributed by atoms with van der Waals surface area (Å²) in [4.78, 5) is 28.3. The van der Waals surface area contributed by atoms with Crippen molar-refractivity contribution >= 4 is 22.9 Å². The number of carbonyl (C=O) groups excluding carboxylic acids is 1. The molecule has 1 aliphatic rings. The Morgan fingerprint density at radius 1 is 1.38 bits per heavy atom. The Labute approximate surface area is 140 Å². The summed E-state index contributed by atoms with van der Waals surface area (Å²) in [5, 5.41) is 17.1. The van der Waals surface area contributed by atoms with E-state index in [1.807, 2.05) is 20.8 Å². The maximum absolute atomic E-state index is 12.7. The van der Waals surface area contributed by atoms with Gasteiger partial charge in [0.15, 0.2) is 5.65 Å². The minimum atomic E-state index is -0.785. The van der Waals surface area contributed by atoms with Crippen molar-refractivity contribution < 1.29 is 14.7 Å². The molecule has 0 aromatic carbocycles. The predicted octanol–water partition coefficient (Wildman–Crippen LogP) is 2.30. The SMILES string of the molecule is Cc1cc(C(=O)N[C@H]2CC[C@@H](C(=O)O)C2)c2cnn(C(C)C)c2n1. The van der Waals surface area contributed by atoms with Crippen LogP contribution in [0, 0.1) is 12.8 Å². The topological polar surface area (TPSA) is 97.1 Å². The number of carboxylic acid groups (broad SMARTS) is 1. The molecule has 1 fully saturated rings. The number of fused-ring (bicyclic) bond motifs is 1. The molecule has 0 aliphatic heterocycles. The van der Waals surface area contributed by atoms with Crippen LogP contribution in [0.3, 0.4) is 0 Å². The first kappa shape index (κ1) is 16.4. The van der Waals surface area contributed by atoms with Gasteiger partial charge < -0.3 is 10.4 Å². The van der Waals surface area contributed by atoms with Crippen LogP contribution < -0.4 is 5.32 Å². The third-order valence-electron chi connectivity index (χ3n) is 4.55. The number of aryl methyl sites for hydroxylation is 1. The third-order valence-corrected chi connectivity index (χ3v) is 4.55. The molecule has 2 atom stereocenters. The summed E-state index contributed by atoms with van der Waals surface area (Å²) in [5.41, 5.74) is 2.00. The van der Waals surface area contributed by atoms with Crippen molar-refractivity contribution in [1.82, 2.24) is 20.1 Å². The highest BCUT2D eigenvalue weighted by molar-refractivity contribution is 6.05. The summed E-state index contributed by atoms with van der Waals surface area (Å²) in [6, 6.07) is 1.81. The highest BCUT2D eigenvalue weighted by atomic mass is 16.4. The summed E-state index contributed by atoms with van der Waals surface area (Å²) < 4.78 is 1.80. The number of pyridine rings is 1. The molecule has 24 heavy (non-hydrogen) atoms. The van der Waals surface area contributed by atoms with Gasteiger partial charge in [0.2, 0.25) is 0 Å². The van der Waals surface area contributed by atoms with Gasteiger partial charge in [-0.3, -0.25) is 9.59 Å². The van der Waals surface area contributed by atoms with Crippen molar-refractivity contribution in [3.8, 4) is 0 Å². The third kappa shape index (κ3) is 2.98. The molecule has 7 heteroatoms. The fourth-order valence-electron chi connectivity index (χ4n) is 3.31. The van der Waals surface area contributed by atoms with E-state index in [2.05, 4.69) is 15.4 Å². The Kier molecular flexibility index (Phi) is 4.26. The van der Waals surface area contributed by atoms with E-state index >= 15 is 0 Å². The summed E-state index contributed by atoms with van der Waals surface area (Å²) in [7, 11) is 0. The molecule has 128 valence electrons. The number of carbonyl (C=O) groups is 2. The Morgan fingerprint density at radius 3 is 2.75 bits per heavy atom. The number of carboxylic acids is 1. The monoisotopic (exact) mass is 330 g/mol. The first-order valence-electron chi connectivity index (χ1n) is 8.25. The number of amides is 1. The van der Waals surface area contributed by atoms with Crippen LogP contribution in [-0.4, -0.2) is 37.8 Å². The van der Waals surface area contributed by atoms with Crippen LogP contribution in [0.25, 0.3) is 11.0 Å². The van der Waals surface area contributed by atoms with E-state index in [0.717, 1.165) is 11.1 Å². The van der Waals surface area contributed by atoms with E-state index in [4.69, 9.17) is 5.11 Å². The maximum Gasteiger partial charge on any atom is 0.306 e. The Balaban J connectivity index is 1.86. The van der Waals surface area contributed by atoms with Gasteiger partial charge in [-0.1, -0.05) is 0 Å². The molecule has 0 radical (unpaired) electrons. The minimum absolute atomic E-state index is 0.0951. The second-order valence-corrected chi connectivity index (χ2v) is 6.75. The van der Waals surface area contributed by atoms with Crippen LogP contribution in [0.5, 0.6) is 0 Å². The molecular weight excluding hydrogens is 308 g/mol. The average Bonchev–Trinajstić information content (AvgIpc) is 3.12. The molecular formula is C17H22N4O3. The fraction of sp³-hybridized carbons (Fsp3) is 0.529. The normalized spacial score (nSPS) is 20.7. The molecule has 2 heterocycles. The van der Waals surface area contributed by atoms with Crippen LogP contribution >= 0.6 is 0 Å². The molecule has 1 aliphatic carbocycles. The summed E-state index contributed by atoms with van der Waals surface area (Å²) in [5.74, 6) is -1.34. The summed E-state index contributed by atoms with van der Waals surface area (Å²) in [6.07, 6.45) is 3.46. The molecule has 0 spiro atoms. The highest BCUT2D eigenvalue weighted by Crippen LogP contribution is 2.27. The van der Waals surface area contributed by atoms with Crippen molar-refractivity contribution in [3.63, 3.8) is 0 Å². The first-order chi connectivity index (χ1) is 11.4. The van der Waals surface area contributed by atoms with E-state index < -0.39 is 5.97 Å². The standard InChI is InChI=1S/C17H22N4O3/c1-9(2)21-15-14(8-18-21)13(6-10(3)19-15)16(22)20-12-5-4-11(7-12)17(23)24/h6,8-9,11-12H,4-5,7H2,1-3H3,(H,20,22)(H,23,24)/t11-,12+/m1/s1. The van der Waals surface area contributed by atoms with Crippen LogP contribution in [-0.2, 0) is 4.79 Å². The van der Waals surface area contributed by atoms with Crippen LogP contribution in [0.2, 0.25) is 0 Å². The van der Waals surface area contributed by atoms with Gasteiger partial charge in [-0.05, 0) is 46.1 Å². The van der Waals surface area contributed by atoms with E-state index in [-0.39, 0.29) is 23.9 Å². The molecule has 2 aromatic rings. The maximum atomic E-state index is 12.7. The largest absolute Gasteiger partial charge is 0.481 e. The zero-order valence-electron chi connectivity index (χ0n) is 14.1. The van der Waals surface area contributed by atoms with Gasteiger partial charge in [0.25, 0.3) is 5.91 Å². The first-order valence-corrected chi connectivity index (χ1v) is 8.25. The van der Waals surface area contributed by atoms with Crippen molar-refractivity contribution in [2.24, 2.45) is 5.92 Å². The molecule has 2 N–H and O–H groups in total. The number of nitrogens with zero attached hydrogens (tertiary/aromatic N) is 3.